The molecule has 0 aliphatic carbocycles. The van der Waals surface area contributed by atoms with Crippen molar-refractivity contribution in [2.75, 3.05) is 14.7 Å². The third-order valence-electron chi connectivity index (χ3n) is 27.3. The van der Waals surface area contributed by atoms with Gasteiger partial charge in [0.15, 0.2) is 0 Å². The van der Waals surface area contributed by atoms with Gasteiger partial charge in [-0.2, -0.15) is 0 Å². The third kappa shape index (κ3) is 15.5. The van der Waals surface area contributed by atoms with Crippen LogP contribution in [0.2, 0.25) is 0 Å². The molecule has 0 bridgehead atoms. The Labute approximate surface area is 815 Å². The van der Waals surface area contributed by atoms with Crippen molar-refractivity contribution in [1.82, 2.24) is 0 Å². The Hall–Kier alpha value is -18.2. The summed E-state index contributed by atoms with van der Waals surface area (Å²) < 4.78 is 16.3. The van der Waals surface area contributed by atoms with Crippen LogP contribution in [0.25, 0.3) is 196 Å². The van der Waals surface area contributed by atoms with E-state index in [4.69, 9.17) is 8.83 Å². The largest absolute Gasteiger partial charge is 0.455 e. The molecule has 6 heteroatoms. The predicted octanol–water partition coefficient (Wildman–Crippen LogP) is 39.1. The zero-order chi connectivity index (χ0) is 92.8. The molecule has 0 N–H and O–H groups in total. The number of anilines is 9. The summed E-state index contributed by atoms with van der Waals surface area (Å²) in [6.45, 7) is 0. The molecule has 0 fully saturated rings. The summed E-state index contributed by atoms with van der Waals surface area (Å²) in [7, 11) is 0. The van der Waals surface area contributed by atoms with E-state index in [1.54, 1.807) is 0 Å². The molecule has 0 spiro atoms. The van der Waals surface area contributed by atoms with Crippen LogP contribution in [0.4, 0.5) is 51.2 Å². The standard InChI is InChI=1S/C50H33NS.C44H29NO.C40H27NO/c1-2-12-34(13-3-1)36-26-29-40(30-27-36)51(42-31-28-35-14-4-5-16-38(35)32-42)41-19-8-18-39(33-41)44-21-10-24-47-48-25-11-23-46(50(48)52-49(44)47)45-22-9-17-37-15-6-7-20-43(37)45;1-2-18-33(19-3-1)45(42-28-10-16-31-14-5-7-22-36(31)42)34-20-8-17-32(29-34)37-23-11-26-40-41-27-12-25-39(44(41)46-43(37)40)38-24-9-15-30-13-4-6-21-35(30)38;1-3-13-29(14-4-1)34-22-11-24-36-37-25-12-23-35(40(37)42-39(34)36)30-17-9-20-32(27-30)41(31-18-5-2-6-19-31)38-26-10-16-28-15-7-8-21-33(28)38/h1-33H;1-29H;1-27H. The molecule has 140 heavy (non-hydrogen) atoms. The molecule has 24 aromatic carbocycles. The molecule has 658 valence electrons. The van der Waals surface area contributed by atoms with Crippen molar-refractivity contribution >= 4 is 180 Å². The molecule has 27 aromatic rings. The molecule has 3 aromatic heterocycles. The fourth-order valence-electron chi connectivity index (χ4n) is 20.8. The molecule has 0 aliphatic heterocycles. The van der Waals surface area contributed by atoms with E-state index in [0.29, 0.717) is 0 Å². The lowest BCUT2D eigenvalue weighted by Gasteiger charge is -2.27. The molecule has 0 amide bonds. The predicted molar refractivity (Wildman–Crippen MR) is 596 cm³/mol. The van der Waals surface area contributed by atoms with E-state index in [1.165, 1.54) is 113 Å². The quantitative estimate of drug-likeness (QED) is 0.0963. The summed E-state index contributed by atoms with van der Waals surface area (Å²) in [5.41, 5.74) is 30.1. The Bertz CT molecular complexity index is 9330. The monoisotopic (exact) mass is 1800 g/mol. The number of thiophene rings is 1. The molecular formula is C134H89N3O2S. The van der Waals surface area contributed by atoms with Crippen LogP contribution in [0.3, 0.4) is 0 Å². The fraction of sp³-hybridized carbons (Fsp3) is 0. The highest BCUT2D eigenvalue weighted by atomic mass is 32.1. The minimum absolute atomic E-state index is 0.902. The van der Waals surface area contributed by atoms with Crippen molar-refractivity contribution in [2.24, 2.45) is 0 Å². The number of hydrogen-bond donors (Lipinski definition) is 0. The summed E-state index contributed by atoms with van der Waals surface area (Å²) in [6, 6.07) is 193. The summed E-state index contributed by atoms with van der Waals surface area (Å²) in [6.07, 6.45) is 0. The minimum Gasteiger partial charge on any atom is -0.455 e. The first-order valence-corrected chi connectivity index (χ1v) is 48.5. The van der Waals surface area contributed by atoms with Gasteiger partial charge in [-0.25, -0.2) is 0 Å². The van der Waals surface area contributed by atoms with E-state index >= 15 is 0 Å². The Morgan fingerprint density at radius 1 is 0.136 bits per heavy atom. The topological polar surface area (TPSA) is 36.0 Å². The number of hydrogen-bond acceptors (Lipinski definition) is 6. The van der Waals surface area contributed by atoms with Gasteiger partial charge in [-0.3, -0.25) is 0 Å². The number of rotatable bonds is 16. The van der Waals surface area contributed by atoms with Crippen molar-refractivity contribution < 1.29 is 8.83 Å². The number of para-hydroxylation sites is 6. The van der Waals surface area contributed by atoms with Gasteiger partial charge in [0.05, 0.1) is 11.4 Å². The molecule has 0 saturated carbocycles. The van der Waals surface area contributed by atoms with Crippen molar-refractivity contribution in [1.29, 1.82) is 0 Å². The lowest BCUT2D eigenvalue weighted by molar-refractivity contribution is 0.670. The van der Waals surface area contributed by atoms with Gasteiger partial charge in [-0.1, -0.05) is 443 Å². The molecular weight excluding hydrogens is 1720 g/mol. The Morgan fingerprint density at radius 3 is 0.893 bits per heavy atom. The molecule has 27 rings (SSSR count). The SMILES string of the molecule is c1ccc(-c2ccc(N(c3cccc(-c4cccc5c4sc4c(-c6cccc7ccccc67)cccc45)c3)c3ccc4ccccc4c3)cc2)cc1.c1ccc(-c2cccc3c2oc2c(-c4cccc(N(c5ccccc5)c5cccc6ccccc56)c4)cccc23)cc1.c1ccc(N(c2cccc(-c3cccc4c3oc3c(-c5cccc6ccccc56)cccc34)c2)c2cccc3ccccc23)cc1. The van der Waals surface area contributed by atoms with Crippen LogP contribution < -0.4 is 14.7 Å². The highest BCUT2D eigenvalue weighted by molar-refractivity contribution is 7.27. The van der Waals surface area contributed by atoms with Crippen molar-refractivity contribution in [3.63, 3.8) is 0 Å². The summed E-state index contributed by atoms with van der Waals surface area (Å²) in [4.78, 5) is 7.08. The van der Waals surface area contributed by atoms with E-state index in [9.17, 15) is 0 Å². The Kier molecular flexibility index (Phi) is 21.8. The van der Waals surface area contributed by atoms with Gasteiger partial charge in [0.2, 0.25) is 0 Å². The average Bonchev–Trinajstić information content (AvgIpc) is 1.59. The third-order valence-corrected chi connectivity index (χ3v) is 28.6. The van der Waals surface area contributed by atoms with E-state index in [1.807, 2.05) is 17.4 Å². The van der Waals surface area contributed by atoms with Crippen molar-refractivity contribution in [3.8, 4) is 77.9 Å². The maximum atomic E-state index is 6.89. The van der Waals surface area contributed by atoms with E-state index in [0.717, 1.165) is 134 Å². The summed E-state index contributed by atoms with van der Waals surface area (Å²) in [5, 5.41) is 19.4. The van der Waals surface area contributed by atoms with Crippen LogP contribution in [-0.4, -0.2) is 0 Å². The summed E-state index contributed by atoms with van der Waals surface area (Å²) in [5.74, 6) is 0. The Morgan fingerprint density at radius 2 is 0.407 bits per heavy atom. The number of nitrogens with zero attached hydrogens (tertiary/aromatic N) is 3. The van der Waals surface area contributed by atoms with Gasteiger partial charge in [0, 0.05) is 120 Å². The fourth-order valence-corrected chi connectivity index (χ4v) is 22.1. The highest BCUT2D eigenvalue weighted by Gasteiger charge is 2.25. The smallest absolute Gasteiger partial charge is 0.143 e. The molecule has 0 unspecified atom stereocenters. The first-order valence-electron chi connectivity index (χ1n) is 47.7. The van der Waals surface area contributed by atoms with Gasteiger partial charge in [-0.15, -0.1) is 11.3 Å². The van der Waals surface area contributed by atoms with E-state index < -0.39 is 0 Å². The van der Waals surface area contributed by atoms with Crippen molar-refractivity contribution in [3.05, 3.63) is 540 Å². The molecule has 0 atom stereocenters. The highest BCUT2D eigenvalue weighted by Crippen LogP contribution is 2.51. The van der Waals surface area contributed by atoms with Crippen LogP contribution in [0.15, 0.2) is 549 Å². The Balaban J connectivity index is 0.000000111. The normalized spacial score (nSPS) is 11.4. The summed E-state index contributed by atoms with van der Waals surface area (Å²) >= 11 is 1.91. The maximum absolute atomic E-state index is 6.89. The number of furan rings is 2. The molecule has 5 nitrogen and oxygen atoms in total. The van der Waals surface area contributed by atoms with Crippen LogP contribution in [0.5, 0.6) is 0 Å². The minimum atomic E-state index is 0.902. The maximum Gasteiger partial charge on any atom is 0.143 e. The van der Waals surface area contributed by atoms with Gasteiger partial charge < -0.3 is 23.5 Å². The molecule has 0 radical (unpaired) electrons. The van der Waals surface area contributed by atoms with Crippen LogP contribution in [0.1, 0.15) is 0 Å². The van der Waals surface area contributed by atoms with Crippen LogP contribution in [-0.2, 0) is 0 Å². The van der Waals surface area contributed by atoms with Crippen LogP contribution >= 0.6 is 11.3 Å². The van der Waals surface area contributed by atoms with E-state index in [-0.39, 0.29) is 0 Å². The van der Waals surface area contributed by atoms with Crippen LogP contribution in [0, 0.1) is 0 Å². The van der Waals surface area contributed by atoms with Gasteiger partial charge >= 0.3 is 0 Å². The van der Waals surface area contributed by atoms with Gasteiger partial charge in [-0.05, 0) is 190 Å². The second kappa shape index (κ2) is 36.5. The van der Waals surface area contributed by atoms with Crippen molar-refractivity contribution in [2.45, 2.75) is 0 Å². The first-order chi connectivity index (χ1) is 69.5. The molecule has 0 aliphatic rings. The average molecular weight is 1810 g/mol. The molecule has 0 saturated heterocycles. The molecule has 3 heterocycles. The second-order valence-electron chi connectivity index (χ2n) is 35.6. The lowest BCUT2D eigenvalue weighted by Crippen LogP contribution is -2.10. The zero-order valence-corrected chi connectivity index (χ0v) is 77.3. The zero-order valence-electron chi connectivity index (χ0n) is 76.5. The number of benzene rings is 24. The second-order valence-corrected chi connectivity index (χ2v) is 36.6. The van der Waals surface area contributed by atoms with Gasteiger partial charge in [0.1, 0.15) is 22.3 Å². The first kappa shape index (κ1) is 83.6. The van der Waals surface area contributed by atoms with E-state index in [2.05, 4.69) is 549 Å². The van der Waals surface area contributed by atoms with Gasteiger partial charge in [0.25, 0.3) is 0 Å². The number of fused-ring (bicyclic) bond motifs is 14. The lowest BCUT2D eigenvalue weighted by atomic mass is 9.96.